The molecule has 3 aromatic rings. The molecule has 0 amide bonds. The van der Waals surface area contributed by atoms with Crippen molar-refractivity contribution in [1.82, 2.24) is 29.5 Å². The van der Waals surface area contributed by atoms with Crippen molar-refractivity contribution in [2.45, 2.75) is 12.8 Å². The van der Waals surface area contributed by atoms with Crippen LogP contribution in [-0.4, -0.2) is 42.6 Å². The van der Waals surface area contributed by atoms with E-state index < -0.39 is 0 Å². The second-order valence-electron chi connectivity index (χ2n) is 6.11. The smallest absolute Gasteiger partial charge is 0.225 e. The number of rotatable bonds is 4. The molecule has 122 valence electrons. The first-order chi connectivity index (χ1) is 11.8. The van der Waals surface area contributed by atoms with Gasteiger partial charge < -0.3 is 9.47 Å². The summed E-state index contributed by atoms with van der Waals surface area (Å²) in [5, 5.41) is 0. The molecule has 1 saturated heterocycles. The highest BCUT2D eigenvalue weighted by atomic mass is 15.3. The van der Waals surface area contributed by atoms with Crippen LogP contribution in [-0.2, 0) is 13.5 Å². The molecule has 1 aliphatic rings. The number of aromatic nitrogens is 6. The highest BCUT2D eigenvalue weighted by molar-refractivity contribution is 5.47. The van der Waals surface area contributed by atoms with Gasteiger partial charge in [-0.1, -0.05) is 0 Å². The average Bonchev–Trinajstić information content (AvgIpc) is 3.26. The standard InChI is InChI=1S/C17H19N7/c1-23-8-6-18-16(23)15-11-21-14(10-22-15)9-13-3-7-24(12-13)17-19-4-2-5-20-17/h2,4-6,8,10-11,13H,3,7,9,12H2,1H3/t13-/m0/s1. The fraction of sp³-hybridized carbons (Fsp3) is 0.353. The summed E-state index contributed by atoms with van der Waals surface area (Å²) >= 11 is 0. The van der Waals surface area contributed by atoms with Gasteiger partial charge in [0.15, 0.2) is 5.82 Å². The predicted molar refractivity (Wildman–Crippen MR) is 90.3 cm³/mol. The van der Waals surface area contributed by atoms with Gasteiger partial charge in [-0.3, -0.25) is 4.98 Å². The van der Waals surface area contributed by atoms with Crippen LogP contribution in [0, 0.1) is 5.92 Å². The van der Waals surface area contributed by atoms with Crippen LogP contribution in [0.3, 0.4) is 0 Å². The largest absolute Gasteiger partial charge is 0.341 e. The van der Waals surface area contributed by atoms with Gasteiger partial charge in [0.2, 0.25) is 5.95 Å². The Morgan fingerprint density at radius 1 is 1.04 bits per heavy atom. The summed E-state index contributed by atoms with van der Waals surface area (Å²) in [6.45, 7) is 1.96. The summed E-state index contributed by atoms with van der Waals surface area (Å²) in [5.74, 6) is 2.21. The van der Waals surface area contributed by atoms with E-state index in [1.54, 1.807) is 18.6 Å². The van der Waals surface area contributed by atoms with Gasteiger partial charge in [-0.2, -0.15) is 0 Å². The predicted octanol–water partition coefficient (Wildman–Crippen LogP) is 1.74. The summed E-state index contributed by atoms with van der Waals surface area (Å²) < 4.78 is 1.94. The third-order valence-corrected chi connectivity index (χ3v) is 4.37. The minimum Gasteiger partial charge on any atom is -0.341 e. The Labute approximate surface area is 140 Å². The second-order valence-corrected chi connectivity index (χ2v) is 6.11. The van der Waals surface area contributed by atoms with Gasteiger partial charge >= 0.3 is 0 Å². The van der Waals surface area contributed by atoms with E-state index in [4.69, 9.17) is 0 Å². The van der Waals surface area contributed by atoms with Crippen LogP contribution in [0.2, 0.25) is 0 Å². The van der Waals surface area contributed by atoms with E-state index in [1.165, 1.54) is 0 Å². The average molecular weight is 321 g/mol. The fourth-order valence-electron chi connectivity index (χ4n) is 3.12. The van der Waals surface area contributed by atoms with Crippen molar-refractivity contribution in [3.05, 3.63) is 48.9 Å². The number of hydrogen-bond donors (Lipinski definition) is 0. The molecule has 4 rings (SSSR count). The van der Waals surface area contributed by atoms with Crippen LogP contribution < -0.4 is 4.90 Å². The second kappa shape index (κ2) is 6.35. The van der Waals surface area contributed by atoms with Gasteiger partial charge in [-0.15, -0.1) is 0 Å². The molecule has 3 aromatic heterocycles. The van der Waals surface area contributed by atoms with E-state index in [0.717, 1.165) is 49.1 Å². The molecule has 4 heterocycles. The maximum absolute atomic E-state index is 4.57. The minimum absolute atomic E-state index is 0.558. The lowest BCUT2D eigenvalue weighted by atomic mass is 10.0. The van der Waals surface area contributed by atoms with Gasteiger partial charge in [0, 0.05) is 51.1 Å². The quantitative estimate of drug-likeness (QED) is 0.729. The number of nitrogens with zero attached hydrogens (tertiary/aromatic N) is 7. The van der Waals surface area contributed by atoms with E-state index in [9.17, 15) is 0 Å². The number of anilines is 1. The molecule has 0 aromatic carbocycles. The van der Waals surface area contributed by atoms with Crippen LogP contribution >= 0.6 is 0 Å². The molecule has 7 nitrogen and oxygen atoms in total. The summed E-state index contributed by atoms with van der Waals surface area (Å²) in [6, 6.07) is 1.84. The Hall–Kier alpha value is -2.83. The van der Waals surface area contributed by atoms with Gasteiger partial charge in [-0.25, -0.2) is 19.9 Å². The van der Waals surface area contributed by atoms with E-state index in [2.05, 4.69) is 29.8 Å². The molecule has 0 N–H and O–H groups in total. The number of aryl methyl sites for hydroxylation is 1. The number of hydrogen-bond acceptors (Lipinski definition) is 6. The van der Waals surface area contributed by atoms with E-state index >= 15 is 0 Å². The molecule has 0 unspecified atom stereocenters. The van der Waals surface area contributed by atoms with Crippen LogP contribution in [0.1, 0.15) is 12.1 Å². The summed E-state index contributed by atoms with van der Waals surface area (Å²) in [4.78, 5) is 24.3. The highest BCUT2D eigenvalue weighted by Crippen LogP contribution is 2.23. The molecule has 0 bridgehead atoms. The van der Waals surface area contributed by atoms with Crippen molar-refractivity contribution in [3.8, 4) is 11.5 Å². The lowest BCUT2D eigenvalue weighted by Crippen LogP contribution is -2.22. The Morgan fingerprint density at radius 2 is 1.92 bits per heavy atom. The zero-order chi connectivity index (χ0) is 16.4. The van der Waals surface area contributed by atoms with E-state index in [0.29, 0.717) is 5.92 Å². The third-order valence-electron chi connectivity index (χ3n) is 4.37. The molecule has 0 radical (unpaired) electrons. The normalized spacial score (nSPS) is 17.4. The Bertz CT molecular complexity index is 797. The minimum atomic E-state index is 0.558. The van der Waals surface area contributed by atoms with E-state index in [-0.39, 0.29) is 0 Å². The molecule has 0 aliphatic carbocycles. The molecule has 1 aliphatic heterocycles. The first-order valence-electron chi connectivity index (χ1n) is 8.10. The Balaban J connectivity index is 1.40. The SMILES string of the molecule is Cn1ccnc1-c1cnc(C[C@@H]2CCN(c3ncccn3)C2)cn1. The van der Waals surface area contributed by atoms with Gasteiger partial charge in [0.25, 0.3) is 0 Å². The Morgan fingerprint density at radius 3 is 2.62 bits per heavy atom. The van der Waals surface area contributed by atoms with E-state index in [1.807, 2.05) is 36.3 Å². The maximum Gasteiger partial charge on any atom is 0.225 e. The van der Waals surface area contributed by atoms with Crippen LogP contribution in [0.15, 0.2) is 43.2 Å². The molecular formula is C17H19N7. The molecule has 1 atom stereocenters. The molecule has 1 fully saturated rings. The highest BCUT2D eigenvalue weighted by Gasteiger charge is 2.24. The van der Waals surface area contributed by atoms with Gasteiger partial charge in [0.05, 0.1) is 11.9 Å². The summed E-state index contributed by atoms with van der Waals surface area (Å²) in [6.07, 6.45) is 13.0. The monoisotopic (exact) mass is 321 g/mol. The molecule has 7 heteroatoms. The van der Waals surface area contributed by atoms with Crippen molar-refractivity contribution in [2.75, 3.05) is 18.0 Å². The lowest BCUT2D eigenvalue weighted by Gasteiger charge is -2.15. The Kier molecular flexibility index (Phi) is 3.90. The molecule has 0 saturated carbocycles. The van der Waals surface area contributed by atoms with Crippen molar-refractivity contribution < 1.29 is 0 Å². The van der Waals surface area contributed by atoms with Gasteiger partial charge in [0.1, 0.15) is 5.69 Å². The van der Waals surface area contributed by atoms with Crippen LogP contribution in [0.25, 0.3) is 11.5 Å². The van der Waals surface area contributed by atoms with Crippen molar-refractivity contribution in [3.63, 3.8) is 0 Å². The van der Waals surface area contributed by atoms with Crippen molar-refractivity contribution >= 4 is 5.95 Å². The number of imidazole rings is 1. The molecule has 24 heavy (non-hydrogen) atoms. The summed E-state index contributed by atoms with van der Waals surface area (Å²) in [7, 11) is 1.96. The fourth-order valence-corrected chi connectivity index (χ4v) is 3.12. The third kappa shape index (κ3) is 2.97. The van der Waals surface area contributed by atoms with Crippen molar-refractivity contribution in [1.29, 1.82) is 0 Å². The van der Waals surface area contributed by atoms with Crippen molar-refractivity contribution in [2.24, 2.45) is 13.0 Å². The zero-order valence-corrected chi connectivity index (χ0v) is 13.6. The van der Waals surface area contributed by atoms with Gasteiger partial charge in [-0.05, 0) is 24.8 Å². The zero-order valence-electron chi connectivity index (χ0n) is 13.6. The molecule has 0 spiro atoms. The lowest BCUT2D eigenvalue weighted by molar-refractivity contribution is 0.575. The molecular weight excluding hydrogens is 302 g/mol. The first-order valence-corrected chi connectivity index (χ1v) is 8.10. The maximum atomic E-state index is 4.57. The van der Waals surface area contributed by atoms with Crippen LogP contribution in [0.5, 0.6) is 0 Å². The summed E-state index contributed by atoms with van der Waals surface area (Å²) in [5.41, 5.74) is 1.82. The first kappa shape index (κ1) is 14.7. The van der Waals surface area contributed by atoms with Crippen LogP contribution in [0.4, 0.5) is 5.95 Å². The topological polar surface area (TPSA) is 72.6 Å².